The van der Waals surface area contributed by atoms with Gasteiger partial charge in [-0.1, -0.05) is 18.2 Å². The number of carbonyl (C=O) groups is 2. The molecular weight excluding hydrogens is 478 g/mol. The molecule has 9 nitrogen and oxygen atoms in total. The summed E-state index contributed by atoms with van der Waals surface area (Å²) in [7, 11) is 6.10. The summed E-state index contributed by atoms with van der Waals surface area (Å²) in [6.07, 6.45) is 3.37. The highest BCUT2D eigenvalue weighted by molar-refractivity contribution is 5.99. The van der Waals surface area contributed by atoms with Gasteiger partial charge in [0.25, 0.3) is 0 Å². The number of methoxy groups -OCH3 is 4. The number of ether oxygens (including phenoxy) is 6. The highest BCUT2D eigenvalue weighted by atomic mass is 16.5. The molecular formula is C28H33NO8. The first kappa shape index (κ1) is 27.4. The zero-order valence-corrected chi connectivity index (χ0v) is 22.0. The van der Waals surface area contributed by atoms with Crippen molar-refractivity contribution in [3.05, 3.63) is 71.1 Å². The average Bonchev–Trinajstić information content (AvgIpc) is 2.92. The maximum Gasteiger partial charge on any atom is 0.336 e. The molecule has 0 fully saturated rings. The van der Waals surface area contributed by atoms with E-state index in [0.717, 1.165) is 11.3 Å². The minimum Gasteiger partial charge on any atom is -0.497 e. The Balaban J connectivity index is 2.18. The molecule has 2 aromatic carbocycles. The van der Waals surface area contributed by atoms with Crippen LogP contribution in [0, 0.1) is 0 Å². The average molecular weight is 512 g/mol. The molecule has 0 unspecified atom stereocenters. The molecule has 3 rings (SSSR count). The Morgan fingerprint density at radius 1 is 0.730 bits per heavy atom. The van der Waals surface area contributed by atoms with Crippen molar-refractivity contribution in [1.29, 1.82) is 0 Å². The normalized spacial score (nSPS) is 13.3. The van der Waals surface area contributed by atoms with E-state index < -0.39 is 17.9 Å². The lowest BCUT2D eigenvalue weighted by atomic mass is 9.82. The number of nitrogens with zero attached hydrogens (tertiary/aromatic N) is 1. The zero-order valence-electron chi connectivity index (χ0n) is 22.0. The van der Waals surface area contributed by atoms with Crippen LogP contribution in [0.25, 0.3) is 0 Å². The van der Waals surface area contributed by atoms with Crippen molar-refractivity contribution in [3.63, 3.8) is 0 Å². The second-order valence-corrected chi connectivity index (χ2v) is 7.99. The summed E-state index contributed by atoms with van der Waals surface area (Å²) >= 11 is 0. The van der Waals surface area contributed by atoms with E-state index >= 15 is 0 Å². The van der Waals surface area contributed by atoms with Crippen molar-refractivity contribution in [2.75, 3.05) is 41.7 Å². The lowest BCUT2D eigenvalue weighted by Gasteiger charge is -2.31. The topological polar surface area (TPSA) is 92.8 Å². The minimum atomic E-state index is -0.833. The fraction of sp³-hybridized carbons (Fsp3) is 0.357. The van der Waals surface area contributed by atoms with E-state index in [9.17, 15) is 9.59 Å². The van der Waals surface area contributed by atoms with Gasteiger partial charge in [-0.3, -0.25) is 0 Å². The van der Waals surface area contributed by atoms with Crippen LogP contribution in [0.5, 0.6) is 23.0 Å². The predicted molar refractivity (Wildman–Crippen MR) is 137 cm³/mol. The highest BCUT2D eigenvalue weighted by Gasteiger charge is 2.38. The molecule has 9 heteroatoms. The van der Waals surface area contributed by atoms with Crippen molar-refractivity contribution in [1.82, 2.24) is 4.90 Å². The molecule has 0 N–H and O–H groups in total. The van der Waals surface area contributed by atoms with Gasteiger partial charge in [-0.05, 0) is 37.6 Å². The minimum absolute atomic E-state index is 0.170. The summed E-state index contributed by atoms with van der Waals surface area (Å²) in [6.45, 7) is 4.19. The summed E-state index contributed by atoms with van der Waals surface area (Å²) in [4.78, 5) is 28.3. The number of carbonyl (C=O) groups excluding carboxylic acids is 2. The Morgan fingerprint density at radius 2 is 1.30 bits per heavy atom. The Hall–Kier alpha value is -4.14. The molecule has 1 aliphatic rings. The predicted octanol–water partition coefficient (Wildman–Crippen LogP) is 4.21. The van der Waals surface area contributed by atoms with Crippen molar-refractivity contribution < 1.29 is 38.0 Å². The molecule has 0 bridgehead atoms. The fourth-order valence-electron chi connectivity index (χ4n) is 4.20. The van der Waals surface area contributed by atoms with Crippen molar-refractivity contribution in [2.45, 2.75) is 26.3 Å². The van der Waals surface area contributed by atoms with Crippen molar-refractivity contribution in [2.24, 2.45) is 0 Å². The van der Waals surface area contributed by atoms with Gasteiger partial charge in [0.15, 0.2) is 11.5 Å². The molecule has 0 saturated carbocycles. The summed E-state index contributed by atoms with van der Waals surface area (Å²) < 4.78 is 32.7. The maximum absolute atomic E-state index is 13.3. The monoisotopic (exact) mass is 511 g/mol. The Kier molecular flexibility index (Phi) is 9.43. The molecule has 0 atom stereocenters. The molecule has 2 aromatic rings. The lowest BCUT2D eigenvalue weighted by molar-refractivity contribution is -0.139. The van der Waals surface area contributed by atoms with E-state index in [-0.39, 0.29) is 24.4 Å². The Bertz CT molecular complexity index is 1130. The SMILES string of the molecule is CCOC(=O)C1=CN(Cc2ccc(OC)cc2)C=C(C(=O)OCC)C1c1ccc(OC)c(OC)c1OC. The van der Waals surface area contributed by atoms with E-state index in [4.69, 9.17) is 28.4 Å². The standard InChI is InChI=1S/C28H33NO8/c1-7-36-27(30)21-16-29(15-18-9-11-19(32-3)12-10-18)17-22(28(31)37-8-2)24(21)20-13-14-23(33-4)26(35-6)25(20)34-5/h9-14,16-17,24H,7-8,15H2,1-6H3. The van der Waals surface area contributed by atoms with Crippen LogP contribution in [0.15, 0.2) is 59.9 Å². The third-order valence-corrected chi connectivity index (χ3v) is 5.82. The summed E-state index contributed by atoms with van der Waals surface area (Å²) in [5, 5.41) is 0. The summed E-state index contributed by atoms with van der Waals surface area (Å²) in [6, 6.07) is 11.0. The first-order valence-electron chi connectivity index (χ1n) is 11.9. The van der Waals surface area contributed by atoms with Gasteiger partial charge in [-0.2, -0.15) is 0 Å². The van der Waals surface area contributed by atoms with Crippen LogP contribution in [0.1, 0.15) is 30.9 Å². The van der Waals surface area contributed by atoms with Crippen LogP contribution in [-0.4, -0.2) is 58.5 Å². The van der Waals surface area contributed by atoms with Gasteiger partial charge in [0.05, 0.1) is 58.7 Å². The van der Waals surface area contributed by atoms with Gasteiger partial charge >= 0.3 is 11.9 Å². The summed E-state index contributed by atoms with van der Waals surface area (Å²) in [5.74, 6) is -0.0924. The molecule has 1 heterocycles. The van der Waals surface area contributed by atoms with Crippen LogP contribution in [0.3, 0.4) is 0 Å². The van der Waals surface area contributed by atoms with E-state index in [1.54, 1.807) is 50.4 Å². The molecule has 0 aromatic heterocycles. The van der Waals surface area contributed by atoms with Gasteiger partial charge in [-0.15, -0.1) is 0 Å². The Morgan fingerprint density at radius 3 is 1.76 bits per heavy atom. The summed E-state index contributed by atoms with van der Waals surface area (Å²) in [5.41, 5.74) is 1.99. The lowest BCUT2D eigenvalue weighted by Crippen LogP contribution is -2.29. The number of hydrogen-bond acceptors (Lipinski definition) is 9. The van der Waals surface area contributed by atoms with Crippen LogP contribution >= 0.6 is 0 Å². The number of esters is 2. The number of benzene rings is 2. The Labute approximate surface area is 217 Å². The molecule has 198 valence electrons. The van der Waals surface area contributed by atoms with E-state index in [1.165, 1.54) is 21.3 Å². The van der Waals surface area contributed by atoms with E-state index in [2.05, 4.69) is 0 Å². The second-order valence-electron chi connectivity index (χ2n) is 7.99. The largest absolute Gasteiger partial charge is 0.497 e. The van der Waals surface area contributed by atoms with Crippen LogP contribution in [0.2, 0.25) is 0 Å². The van der Waals surface area contributed by atoms with Crippen molar-refractivity contribution >= 4 is 11.9 Å². The highest BCUT2D eigenvalue weighted by Crippen LogP contribution is 2.48. The number of rotatable bonds is 11. The third-order valence-electron chi connectivity index (χ3n) is 5.82. The fourth-order valence-corrected chi connectivity index (χ4v) is 4.20. The number of hydrogen-bond donors (Lipinski definition) is 0. The van der Waals surface area contributed by atoms with E-state index in [0.29, 0.717) is 29.4 Å². The maximum atomic E-state index is 13.3. The van der Waals surface area contributed by atoms with E-state index in [1.807, 2.05) is 24.3 Å². The molecule has 0 spiro atoms. The smallest absolute Gasteiger partial charge is 0.336 e. The molecule has 1 aliphatic heterocycles. The molecule has 0 saturated heterocycles. The van der Waals surface area contributed by atoms with Gasteiger partial charge in [-0.25, -0.2) is 9.59 Å². The zero-order chi connectivity index (χ0) is 26.9. The van der Waals surface area contributed by atoms with Gasteiger partial charge in [0, 0.05) is 24.5 Å². The second kappa shape index (κ2) is 12.7. The van der Waals surface area contributed by atoms with Crippen LogP contribution < -0.4 is 18.9 Å². The molecule has 37 heavy (non-hydrogen) atoms. The first-order chi connectivity index (χ1) is 17.9. The molecule has 0 amide bonds. The van der Waals surface area contributed by atoms with Gasteiger partial charge in [0.2, 0.25) is 5.75 Å². The van der Waals surface area contributed by atoms with Gasteiger partial charge in [0.1, 0.15) is 5.75 Å². The molecule has 0 aliphatic carbocycles. The first-order valence-corrected chi connectivity index (χ1v) is 11.9. The van der Waals surface area contributed by atoms with Gasteiger partial charge < -0.3 is 33.3 Å². The molecule has 0 radical (unpaired) electrons. The third kappa shape index (κ3) is 5.99. The van der Waals surface area contributed by atoms with Crippen molar-refractivity contribution in [3.8, 4) is 23.0 Å². The quantitative estimate of drug-likeness (QED) is 0.411. The van der Waals surface area contributed by atoms with Crippen LogP contribution in [-0.2, 0) is 25.6 Å². The van der Waals surface area contributed by atoms with Crippen LogP contribution in [0.4, 0.5) is 0 Å².